The van der Waals surface area contributed by atoms with Gasteiger partial charge in [-0.25, -0.2) is 4.98 Å². The van der Waals surface area contributed by atoms with Gasteiger partial charge in [0.25, 0.3) is 0 Å². The SMILES string of the molecule is COc1ccc(-n2cnc3c(-c4ccc(C(C)C)cc4)cccc32)cc1. The Kier molecular flexibility index (Phi) is 4.21. The van der Waals surface area contributed by atoms with Crippen molar-refractivity contribution in [3.63, 3.8) is 0 Å². The summed E-state index contributed by atoms with van der Waals surface area (Å²) in [5.41, 5.74) is 6.89. The molecule has 4 rings (SSSR count). The van der Waals surface area contributed by atoms with Crippen LogP contribution in [0.3, 0.4) is 0 Å². The average Bonchev–Trinajstić information content (AvgIpc) is 3.12. The van der Waals surface area contributed by atoms with E-state index in [2.05, 4.69) is 60.9 Å². The maximum absolute atomic E-state index is 5.25. The van der Waals surface area contributed by atoms with Gasteiger partial charge in [-0.15, -0.1) is 0 Å². The van der Waals surface area contributed by atoms with Crippen molar-refractivity contribution in [2.75, 3.05) is 7.11 Å². The van der Waals surface area contributed by atoms with Gasteiger partial charge in [0.1, 0.15) is 12.1 Å². The molecule has 0 saturated carbocycles. The van der Waals surface area contributed by atoms with Gasteiger partial charge in [-0.2, -0.15) is 0 Å². The lowest BCUT2D eigenvalue weighted by molar-refractivity contribution is 0.415. The maximum atomic E-state index is 5.25. The van der Waals surface area contributed by atoms with Crippen LogP contribution < -0.4 is 4.74 Å². The van der Waals surface area contributed by atoms with E-state index in [1.807, 2.05) is 30.6 Å². The van der Waals surface area contributed by atoms with E-state index in [0.717, 1.165) is 28.0 Å². The summed E-state index contributed by atoms with van der Waals surface area (Å²) in [5, 5.41) is 0. The molecule has 0 amide bonds. The first-order chi connectivity index (χ1) is 12.7. The molecule has 3 aromatic carbocycles. The van der Waals surface area contributed by atoms with Crippen molar-refractivity contribution in [3.8, 4) is 22.6 Å². The van der Waals surface area contributed by atoms with Gasteiger partial charge in [0, 0.05) is 11.3 Å². The quantitative estimate of drug-likeness (QED) is 0.467. The van der Waals surface area contributed by atoms with E-state index < -0.39 is 0 Å². The zero-order valence-corrected chi connectivity index (χ0v) is 15.3. The molecule has 130 valence electrons. The van der Waals surface area contributed by atoms with Crippen molar-refractivity contribution in [2.24, 2.45) is 0 Å². The third-order valence-electron chi connectivity index (χ3n) is 4.82. The van der Waals surface area contributed by atoms with Crippen LogP contribution >= 0.6 is 0 Å². The number of methoxy groups -OCH3 is 1. The summed E-state index contributed by atoms with van der Waals surface area (Å²) in [4.78, 5) is 4.70. The standard InChI is InChI=1S/C23H22N2O/c1-16(2)17-7-9-18(10-8-17)21-5-4-6-22-23(21)24-15-25(22)19-11-13-20(26-3)14-12-19/h4-16H,1-3H3. The van der Waals surface area contributed by atoms with Crippen molar-refractivity contribution in [3.05, 3.63) is 78.6 Å². The van der Waals surface area contributed by atoms with E-state index in [1.54, 1.807) is 7.11 Å². The van der Waals surface area contributed by atoms with Crippen molar-refractivity contribution in [1.29, 1.82) is 0 Å². The van der Waals surface area contributed by atoms with Gasteiger partial charge in [0.05, 0.1) is 18.1 Å². The lowest BCUT2D eigenvalue weighted by Gasteiger charge is -2.09. The van der Waals surface area contributed by atoms with Crippen LogP contribution in [0.15, 0.2) is 73.1 Å². The number of rotatable bonds is 4. The van der Waals surface area contributed by atoms with Gasteiger partial charge < -0.3 is 4.74 Å². The highest BCUT2D eigenvalue weighted by Crippen LogP contribution is 2.30. The Labute approximate surface area is 153 Å². The minimum atomic E-state index is 0.536. The van der Waals surface area contributed by atoms with E-state index in [0.29, 0.717) is 5.92 Å². The number of benzene rings is 3. The molecule has 0 atom stereocenters. The summed E-state index contributed by atoms with van der Waals surface area (Å²) in [6.45, 7) is 4.43. The van der Waals surface area contributed by atoms with Crippen LogP contribution in [-0.4, -0.2) is 16.7 Å². The molecule has 0 aliphatic heterocycles. The normalized spacial score (nSPS) is 11.2. The second kappa shape index (κ2) is 6.68. The molecule has 0 fully saturated rings. The number of imidazole rings is 1. The van der Waals surface area contributed by atoms with Crippen LogP contribution in [0.5, 0.6) is 5.75 Å². The van der Waals surface area contributed by atoms with Crippen molar-refractivity contribution in [1.82, 2.24) is 9.55 Å². The molecule has 0 N–H and O–H groups in total. The number of para-hydroxylation sites is 1. The summed E-state index contributed by atoms with van der Waals surface area (Å²) in [6, 6.07) is 23.2. The minimum Gasteiger partial charge on any atom is -0.497 e. The largest absolute Gasteiger partial charge is 0.497 e. The Balaban J connectivity index is 1.79. The van der Waals surface area contributed by atoms with Crippen LogP contribution in [0, 0.1) is 0 Å². The van der Waals surface area contributed by atoms with Crippen molar-refractivity contribution < 1.29 is 4.74 Å². The third-order valence-corrected chi connectivity index (χ3v) is 4.82. The molecular weight excluding hydrogens is 320 g/mol. The van der Waals surface area contributed by atoms with Gasteiger partial charge >= 0.3 is 0 Å². The molecule has 3 nitrogen and oxygen atoms in total. The number of fused-ring (bicyclic) bond motifs is 1. The first kappa shape index (κ1) is 16.4. The summed E-state index contributed by atoms with van der Waals surface area (Å²) in [7, 11) is 1.68. The first-order valence-electron chi connectivity index (χ1n) is 8.88. The fourth-order valence-electron chi connectivity index (χ4n) is 3.27. The van der Waals surface area contributed by atoms with Crippen molar-refractivity contribution in [2.45, 2.75) is 19.8 Å². The smallest absolute Gasteiger partial charge is 0.119 e. The van der Waals surface area contributed by atoms with Crippen LogP contribution in [0.25, 0.3) is 27.8 Å². The molecule has 0 aliphatic rings. The Morgan fingerprint density at radius 3 is 2.27 bits per heavy atom. The molecule has 0 unspecified atom stereocenters. The van der Waals surface area contributed by atoms with E-state index in [9.17, 15) is 0 Å². The van der Waals surface area contributed by atoms with Gasteiger partial charge in [0.15, 0.2) is 0 Å². The highest BCUT2D eigenvalue weighted by Gasteiger charge is 2.10. The fraction of sp³-hybridized carbons (Fsp3) is 0.174. The minimum absolute atomic E-state index is 0.536. The molecule has 26 heavy (non-hydrogen) atoms. The lowest BCUT2D eigenvalue weighted by Crippen LogP contribution is -1.92. The zero-order chi connectivity index (χ0) is 18.1. The Bertz CT molecular complexity index is 1030. The summed E-state index contributed by atoms with van der Waals surface area (Å²) < 4.78 is 7.36. The second-order valence-corrected chi connectivity index (χ2v) is 6.76. The Hall–Kier alpha value is -3.07. The number of nitrogens with zero attached hydrogens (tertiary/aromatic N) is 2. The molecule has 0 aliphatic carbocycles. The predicted octanol–water partition coefficient (Wildman–Crippen LogP) is 5.82. The number of ether oxygens (including phenoxy) is 1. The summed E-state index contributed by atoms with van der Waals surface area (Å²) in [6.07, 6.45) is 1.89. The monoisotopic (exact) mass is 342 g/mol. The first-order valence-corrected chi connectivity index (χ1v) is 8.88. The van der Waals surface area contributed by atoms with Crippen LogP contribution in [0.2, 0.25) is 0 Å². The van der Waals surface area contributed by atoms with E-state index in [1.165, 1.54) is 11.1 Å². The van der Waals surface area contributed by atoms with Gasteiger partial charge in [-0.3, -0.25) is 4.57 Å². The van der Waals surface area contributed by atoms with Gasteiger partial charge in [-0.05, 0) is 47.4 Å². The molecule has 0 spiro atoms. The lowest BCUT2D eigenvalue weighted by atomic mass is 9.98. The predicted molar refractivity (Wildman–Crippen MR) is 107 cm³/mol. The highest BCUT2D eigenvalue weighted by molar-refractivity contribution is 5.92. The summed E-state index contributed by atoms with van der Waals surface area (Å²) >= 11 is 0. The molecule has 3 heteroatoms. The van der Waals surface area contributed by atoms with Crippen LogP contribution in [-0.2, 0) is 0 Å². The van der Waals surface area contributed by atoms with Crippen LogP contribution in [0.1, 0.15) is 25.3 Å². The molecule has 1 heterocycles. The van der Waals surface area contributed by atoms with Gasteiger partial charge in [-0.1, -0.05) is 50.2 Å². The van der Waals surface area contributed by atoms with E-state index in [4.69, 9.17) is 9.72 Å². The topological polar surface area (TPSA) is 27.1 Å². The maximum Gasteiger partial charge on any atom is 0.119 e. The van der Waals surface area contributed by atoms with Crippen LogP contribution in [0.4, 0.5) is 0 Å². The summed E-state index contributed by atoms with van der Waals surface area (Å²) in [5.74, 6) is 1.39. The molecule has 0 radical (unpaired) electrons. The Morgan fingerprint density at radius 1 is 0.885 bits per heavy atom. The number of hydrogen-bond acceptors (Lipinski definition) is 2. The average molecular weight is 342 g/mol. The zero-order valence-electron chi connectivity index (χ0n) is 15.3. The van der Waals surface area contributed by atoms with E-state index in [-0.39, 0.29) is 0 Å². The molecule has 1 aromatic heterocycles. The molecule has 0 bridgehead atoms. The number of aromatic nitrogens is 2. The third kappa shape index (κ3) is 2.86. The fourth-order valence-corrected chi connectivity index (χ4v) is 3.27. The second-order valence-electron chi connectivity index (χ2n) is 6.76. The van der Waals surface area contributed by atoms with Crippen molar-refractivity contribution >= 4 is 11.0 Å². The molecular formula is C23H22N2O. The molecule has 4 aromatic rings. The van der Waals surface area contributed by atoms with E-state index >= 15 is 0 Å². The number of hydrogen-bond donors (Lipinski definition) is 0. The highest BCUT2D eigenvalue weighted by atomic mass is 16.5. The molecule has 0 saturated heterocycles. The van der Waals surface area contributed by atoms with Gasteiger partial charge in [0.2, 0.25) is 0 Å². The Morgan fingerprint density at radius 2 is 1.62 bits per heavy atom.